The quantitative estimate of drug-likeness (QED) is 0.635. The number of alkyl halides is 3. The number of carbonyl (C=O) groups is 1. The maximum Gasteiger partial charge on any atom is 0.405 e. The number of anilines is 2. The highest BCUT2D eigenvalue weighted by molar-refractivity contribution is 6.04. The summed E-state index contributed by atoms with van der Waals surface area (Å²) in [4.78, 5) is 20.9. The number of ether oxygens (including phenoxy) is 1. The molecule has 5 rings (SSSR count). The maximum atomic E-state index is 12.3. The molecule has 0 spiro atoms. The van der Waals surface area contributed by atoms with Crippen LogP contribution in [0.1, 0.15) is 17.2 Å². The Hall–Kier alpha value is -3.79. The van der Waals surface area contributed by atoms with E-state index in [4.69, 9.17) is 9.73 Å². The van der Waals surface area contributed by atoms with Crippen LogP contribution in [-0.4, -0.2) is 62.3 Å². The summed E-state index contributed by atoms with van der Waals surface area (Å²) < 4.78 is 42.4. The number of rotatable bonds is 5. The summed E-state index contributed by atoms with van der Waals surface area (Å²) in [6.45, 7) is 2.42. The van der Waals surface area contributed by atoms with Gasteiger partial charge in [-0.1, -0.05) is 24.3 Å². The van der Waals surface area contributed by atoms with Crippen LogP contribution in [0.15, 0.2) is 71.9 Å². The number of aliphatic imine (C=N–C) groups is 1. The lowest BCUT2D eigenvalue weighted by atomic mass is 10.0. The molecular weight excluding hydrogens is 471 g/mol. The van der Waals surface area contributed by atoms with Crippen molar-refractivity contribution < 1.29 is 22.7 Å². The van der Waals surface area contributed by atoms with E-state index in [-0.39, 0.29) is 6.04 Å². The van der Waals surface area contributed by atoms with Gasteiger partial charge in [-0.05, 0) is 53.1 Å². The summed E-state index contributed by atoms with van der Waals surface area (Å²) in [6, 6.07) is 14.6. The number of carbonyl (C=O) groups excluding carboxylic acids is 1. The molecule has 0 radical (unpaired) electrons. The van der Waals surface area contributed by atoms with Crippen molar-refractivity contribution in [1.82, 2.24) is 10.2 Å². The fourth-order valence-corrected chi connectivity index (χ4v) is 4.47. The summed E-state index contributed by atoms with van der Waals surface area (Å²) in [6.07, 6.45) is 1.64. The van der Waals surface area contributed by atoms with E-state index >= 15 is 0 Å². The molecule has 2 aromatic carbocycles. The number of halogens is 3. The Morgan fingerprint density at radius 1 is 1.11 bits per heavy atom. The van der Waals surface area contributed by atoms with Gasteiger partial charge in [-0.2, -0.15) is 13.2 Å². The molecule has 1 saturated heterocycles. The molecule has 0 aromatic heterocycles. The van der Waals surface area contributed by atoms with Crippen molar-refractivity contribution in [3.8, 4) is 0 Å². The van der Waals surface area contributed by atoms with Crippen LogP contribution in [0.25, 0.3) is 5.57 Å². The van der Waals surface area contributed by atoms with E-state index in [1.54, 1.807) is 18.2 Å². The number of allylic oxidation sites excluding steroid dienone is 2. The summed E-state index contributed by atoms with van der Waals surface area (Å²) in [5, 5.41) is 4.27. The summed E-state index contributed by atoms with van der Waals surface area (Å²) in [7, 11) is 0. The molecule has 1 atom stereocenters. The second-order valence-electron chi connectivity index (χ2n) is 8.73. The van der Waals surface area contributed by atoms with Crippen LogP contribution in [-0.2, 0) is 4.74 Å². The molecule has 7 nitrogen and oxygen atoms in total. The number of hydrogen-bond acceptors (Lipinski definition) is 5. The van der Waals surface area contributed by atoms with Crippen molar-refractivity contribution in [2.45, 2.75) is 12.2 Å². The Morgan fingerprint density at radius 3 is 2.64 bits per heavy atom. The standard InChI is InChI=1S/C26H26F3N5O2/c27-26(28,29)17-31-25(35)32-21-3-1-2-20(14-21)23-16-30-24-15-19(8-9-34(23)24)18-4-6-22(7-5-18)33-10-12-36-13-11-33/h1-9,14-15,23H,10-13,16-17H2,(H2,31,32,35). The molecule has 1 unspecified atom stereocenters. The van der Waals surface area contributed by atoms with Gasteiger partial charge in [-0.25, -0.2) is 4.79 Å². The van der Waals surface area contributed by atoms with Crippen LogP contribution in [0.3, 0.4) is 0 Å². The minimum absolute atomic E-state index is 0.0715. The van der Waals surface area contributed by atoms with Crippen molar-refractivity contribution in [2.24, 2.45) is 4.99 Å². The molecule has 3 aliphatic heterocycles. The Balaban J connectivity index is 1.23. The minimum Gasteiger partial charge on any atom is -0.378 e. The average molecular weight is 498 g/mol. The number of nitrogens with one attached hydrogen (secondary N) is 2. The fourth-order valence-electron chi connectivity index (χ4n) is 4.47. The highest BCUT2D eigenvalue weighted by Crippen LogP contribution is 2.33. The SMILES string of the molecule is O=C(NCC(F)(F)F)Nc1cccc(C2CN=C3C=C(c4ccc(N5CCOCC5)cc4)C=CN32)c1. The first-order valence-electron chi connectivity index (χ1n) is 11.7. The molecule has 2 aromatic rings. The third-order valence-electron chi connectivity index (χ3n) is 6.28. The number of amidine groups is 1. The smallest absolute Gasteiger partial charge is 0.378 e. The van der Waals surface area contributed by atoms with Crippen LogP contribution >= 0.6 is 0 Å². The number of hydrogen-bond donors (Lipinski definition) is 2. The lowest BCUT2D eigenvalue weighted by Gasteiger charge is -2.29. The second-order valence-corrected chi connectivity index (χ2v) is 8.73. The third kappa shape index (κ3) is 5.54. The normalized spacial score (nSPS) is 19.5. The summed E-state index contributed by atoms with van der Waals surface area (Å²) >= 11 is 0. The van der Waals surface area contributed by atoms with Gasteiger partial charge in [0.25, 0.3) is 0 Å². The largest absolute Gasteiger partial charge is 0.405 e. The van der Waals surface area contributed by atoms with Crippen LogP contribution in [0.2, 0.25) is 0 Å². The van der Waals surface area contributed by atoms with Crippen molar-refractivity contribution in [3.05, 3.63) is 78.0 Å². The topological polar surface area (TPSA) is 69.2 Å². The molecule has 188 valence electrons. The van der Waals surface area contributed by atoms with Gasteiger partial charge in [0.05, 0.1) is 25.8 Å². The van der Waals surface area contributed by atoms with Crippen molar-refractivity contribution in [2.75, 3.05) is 49.6 Å². The van der Waals surface area contributed by atoms with E-state index in [1.807, 2.05) is 23.7 Å². The average Bonchev–Trinajstić information content (AvgIpc) is 3.31. The molecule has 3 aliphatic rings. The highest BCUT2D eigenvalue weighted by Gasteiger charge is 2.29. The predicted molar refractivity (Wildman–Crippen MR) is 133 cm³/mol. The first-order chi connectivity index (χ1) is 17.4. The maximum absolute atomic E-state index is 12.3. The number of amides is 2. The van der Waals surface area contributed by atoms with Crippen LogP contribution < -0.4 is 15.5 Å². The van der Waals surface area contributed by atoms with Gasteiger partial charge >= 0.3 is 12.2 Å². The van der Waals surface area contributed by atoms with E-state index in [1.165, 1.54) is 5.69 Å². The minimum atomic E-state index is -4.46. The van der Waals surface area contributed by atoms with Gasteiger partial charge in [0, 0.05) is 30.7 Å². The molecule has 0 aliphatic carbocycles. The summed E-state index contributed by atoms with van der Waals surface area (Å²) in [5.41, 5.74) is 4.67. The lowest BCUT2D eigenvalue weighted by Crippen LogP contribution is -2.36. The van der Waals surface area contributed by atoms with E-state index < -0.39 is 18.8 Å². The Labute approximate surface area is 206 Å². The van der Waals surface area contributed by atoms with E-state index in [0.717, 1.165) is 48.8 Å². The molecule has 2 N–H and O–H groups in total. The first kappa shape index (κ1) is 23.9. The molecule has 3 heterocycles. The highest BCUT2D eigenvalue weighted by atomic mass is 19.4. The van der Waals surface area contributed by atoms with Crippen LogP contribution in [0, 0.1) is 0 Å². The lowest BCUT2D eigenvalue weighted by molar-refractivity contribution is -0.122. The Morgan fingerprint density at radius 2 is 1.89 bits per heavy atom. The molecule has 36 heavy (non-hydrogen) atoms. The van der Waals surface area contributed by atoms with Crippen molar-refractivity contribution in [1.29, 1.82) is 0 Å². The zero-order valence-corrected chi connectivity index (χ0v) is 19.5. The van der Waals surface area contributed by atoms with Gasteiger partial charge in [0.15, 0.2) is 0 Å². The van der Waals surface area contributed by atoms with Gasteiger partial charge in [-0.3, -0.25) is 4.99 Å². The molecule has 0 saturated carbocycles. The number of urea groups is 1. The zero-order valence-electron chi connectivity index (χ0n) is 19.5. The van der Waals surface area contributed by atoms with E-state index in [2.05, 4.69) is 45.5 Å². The first-order valence-corrected chi connectivity index (χ1v) is 11.7. The molecule has 2 amide bonds. The van der Waals surface area contributed by atoms with E-state index in [9.17, 15) is 18.0 Å². The van der Waals surface area contributed by atoms with Gasteiger partial charge in [0.1, 0.15) is 12.4 Å². The predicted octanol–water partition coefficient (Wildman–Crippen LogP) is 4.57. The Kier molecular flexibility index (Phi) is 6.69. The number of morpholine rings is 1. The monoisotopic (exact) mass is 497 g/mol. The number of nitrogens with zero attached hydrogens (tertiary/aromatic N) is 3. The Bertz CT molecular complexity index is 1200. The fraction of sp³-hybridized carbons (Fsp3) is 0.308. The van der Waals surface area contributed by atoms with Crippen LogP contribution in [0.5, 0.6) is 0 Å². The third-order valence-corrected chi connectivity index (χ3v) is 6.28. The van der Waals surface area contributed by atoms with Gasteiger partial charge in [-0.15, -0.1) is 0 Å². The second kappa shape index (κ2) is 10.1. The summed E-state index contributed by atoms with van der Waals surface area (Å²) in [5.74, 6) is 0.844. The molecule has 1 fully saturated rings. The molecular formula is C26H26F3N5O2. The number of fused-ring (bicyclic) bond motifs is 1. The van der Waals surface area contributed by atoms with Gasteiger partial charge < -0.3 is 25.2 Å². The molecule has 0 bridgehead atoms. The van der Waals surface area contributed by atoms with Crippen LogP contribution in [0.4, 0.5) is 29.3 Å². The van der Waals surface area contributed by atoms with Crippen molar-refractivity contribution in [3.63, 3.8) is 0 Å². The van der Waals surface area contributed by atoms with Crippen molar-refractivity contribution >= 4 is 28.8 Å². The zero-order chi connectivity index (χ0) is 25.1. The molecule has 10 heteroatoms. The number of benzene rings is 2. The van der Waals surface area contributed by atoms with Gasteiger partial charge in [0.2, 0.25) is 0 Å². The van der Waals surface area contributed by atoms with E-state index in [0.29, 0.717) is 12.2 Å².